The lowest BCUT2D eigenvalue weighted by Crippen LogP contribution is -2.39. The molecule has 32 heavy (non-hydrogen) atoms. The van der Waals surface area contributed by atoms with Gasteiger partial charge in [0, 0.05) is 31.4 Å². The number of benzene rings is 1. The molecule has 2 aromatic heterocycles. The monoisotopic (exact) mass is 447 g/mol. The molecule has 0 radical (unpaired) electrons. The minimum absolute atomic E-state index is 0.0882. The molecule has 8 nitrogen and oxygen atoms in total. The number of anilines is 1. The van der Waals surface area contributed by atoms with Crippen LogP contribution in [0.2, 0.25) is 0 Å². The SMILES string of the molecule is CCNC(=NCc1coc(-c2ccc(C)cc2)n1)NCCNc1nccc(C(F)(F)F)n1. The molecular formula is C21H24F3N7O. The maximum atomic E-state index is 12.7. The van der Waals surface area contributed by atoms with Crippen molar-refractivity contribution in [2.24, 2.45) is 4.99 Å². The predicted octanol–water partition coefficient (Wildman–Crippen LogP) is 3.63. The summed E-state index contributed by atoms with van der Waals surface area (Å²) >= 11 is 0. The van der Waals surface area contributed by atoms with E-state index in [0.717, 1.165) is 23.4 Å². The van der Waals surface area contributed by atoms with Gasteiger partial charge in [-0.1, -0.05) is 17.7 Å². The summed E-state index contributed by atoms with van der Waals surface area (Å²) in [6.45, 7) is 5.57. The van der Waals surface area contributed by atoms with Crippen LogP contribution in [0.15, 0.2) is 52.2 Å². The fourth-order valence-corrected chi connectivity index (χ4v) is 2.67. The molecule has 1 aromatic carbocycles. The fourth-order valence-electron chi connectivity index (χ4n) is 2.67. The lowest BCUT2D eigenvalue weighted by atomic mass is 10.1. The average molecular weight is 447 g/mol. The van der Waals surface area contributed by atoms with Crippen molar-refractivity contribution in [1.82, 2.24) is 25.6 Å². The number of nitrogens with zero attached hydrogens (tertiary/aromatic N) is 4. The number of hydrogen-bond donors (Lipinski definition) is 3. The van der Waals surface area contributed by atoms with Crippen LogP contribution in [-0.2, 0) is 12.7 Å². The van der Waals surface area contributed by atoms with E-state index in [-0.39, 0.29) is 5.95 Å². The summed E-state index contributed by atoms with van der Waals surface area (Å²) in [4.78, 5) is 16.2. The number of nitrogens with one attached hydrogen (secondary N) is 3. The molecule has 0 aliphatic rings. The van der Waals surface area contributed by atoms with Crippen LogP contribution in [0.25, 0.3) is 11.5 Å². The third-order valence-corrected chi connectivity index (χ3v) is 4.24. The zero-order valence-corrected chi connectivity index (χ0v) is 17.7. The topological polar surface area (TPSA) is 100 Å². The molecule has 0 atom stereocenters. The van der Waals surface area contributed by atoms with E-state index in [0.29, 0.717) is 43.7 Å². The third kappa shape index (κ3) is 6.69. The molecule has 3 aromatic rings. The van der Waals surface area contributed by atoms with Crippen molar-refractivity contribution in [2.45, 2.75) is 26.6 Å². The molecule has 11 heteroatoms. The number of aliphatic imine (C=N–C) groups is 1. The zero-order chi connectivity index (χ0) is 23.0. The number of aryl methyl sites for hydroxylation is 1. The normalized spacial score (nSPS) is 12.0. The van der Waals surface area contributed by atoms with E-state index >= 15 is 0 Å². The Morgan fingerprint density at radius 2 is 1.84 bits per heavy atom. The van der Waals surface area contributed by atoms with Gasteiger partial charge in [-0.2, -0.15) is 13.2 Å². The first kappa shape index (κ1) is 23.0. The van der Waals surface area contributed by atoms with Crippen LogP contribution in [0.4, 0.5) is 19.1 Å². The molecule has 0 amide bonds. The predicted molar refractivity (Wildman–Crippen MR) is 115 cm³/mol. The second-order valence-corrected chi connectivity index (χ2v) is 6.82. The van der Waals surface area contributed by atoms with Crippen LogP contribution in [0.3, 0.4) is 0 Å². The molecule has 0 aliphatic heterocycles. The Kier molecular flexibility index (Phi) is 7.63. The minimum atomic E-state index is -4.51. The molecule has 0 unspecified atom stereocenters. The van der Waals surface area contributed by atoms with Crippen LogP contribution < -0.4 is 16.0 Å². The quantitative estimate of drug-likeness (QED) is 0.275. The molecule has 0 saturated heterocycles. The van der Waals surface area contributed by atoms with Gasteiger partial charge in [0.15, 0.2) is 5.96 Å². The van der Waals surface area contributed by atoms with E-state index in [1.165, 1.54) is 0 Å². The molecule has 0 aliphatic carbocycles. The minimum Gasteiger partial charge on any atom is -0.444 e. The Labute approximate surface area is 183 Å². The van der Waals surface area contributed by atoms with Crippen LogP contribution in [0.5, 0.6) is 0 Å². The van der Waals surface area contributed by atoms with Gasteiger partial charge in [-0.25, -0.2) is 19.9 Å². The average Bonchev–Trinajstić information content (AvgIpc) is 3.24. The van der Waals surface area contributed by atoms with Crippen LogP contribution in [-0.4, -0.2) is 40.5 Å². The Hall–Kier alpha value is -3.63. The van der Waals surface area contributed by atoms with E-state index < -0.39 is 11.9 Å². The number of halogens is 3. The van der Waals surface area contributed by atoms with Gasteiger partial charge in [0.2, 0.25) is 11.8 Å². The summed E-state index contributed by atoms with van der Waals surface area (Å²) in [5.74, 6) is 0.979. The summed E-state index contributed by atoms with van der Waals surface area (Å²) in [5, 5.41) is 8.95. The van der Waals surface area contributed by atoms with Crippen molar-refractivity contribution in [3.05, 3.63) is 59.7 Å². The van der Waals surface area contributed by atoms with Crippen molar-refractivity contribution in [2.75, 3.05) is 25.0 Å². The molecule has 3 N–H and O–H groups in total. The van der Waals surface area contributed by atoms with Gasteiger partial charge >= 0.3 is 6.18 Å². The third-order valence-electron chi connectivity index (χ3n) is 4.24. The number of alkyl halides is 3. The number of aromatic nitrogens is 3. The van der Waals surface area contributed by atoms with E-state index in [1.807, 2.05) is 38.1 Å². The summed E-state index contributed by atoms with van der Waals surface area (Å²) in [6, 6.07) is 8.70. The standard InChI is InChI=1S/C21H24F3N7O/c1-3-25-19(27-10-11-28-20-26-9-8-17(31-20)21(22,23)24)29-12-16-13-32-18(30-16)15-6-4-14(2)5-7-15/h4-9,13H,3,10-12H2,1-2H3,(H2,25,27,29)(H,26,28,31). The van der Waals surface area contributed by atoms with E-state index in [2.05, 4.69) is 35.9 Å². The molecular weight excluding hydrogens is 423 g/mol. The molecule has 0 bridgehead atoms. The van der Waals surface area contributed by atoms with Crippen LogP contribution >= 0.6 is 0 Å². The van der Waals surface area contributed by atoms with Crippen molar-refractivity contribution in [3.8, 4) is 11.5 Å². The highest BCUT2D eigenvalue weighted by Crippen LogP contribution is 2.27. The zero-order valence-electron chi connectivity index (χ0n) is 17.7. The highest BCUT2D eigenvalue weighted by molar-refractivity contribution is 5.79. The molecule has 0 spiro atoms. The summed E-state index contributed by atoms with van der Waals surface area (Å²) in [7, 11) is 0. The largest absolute Gasteiger partial charge is 0.444 e. The lowest BCUT2D eigenvalue weighted by Gasteiger charge is -2.12. The lowest BCUT2D eigenvalue weighted by molar-refractivity contribution is -0.141. The number of rotatable bonds is 8. The summed E-state index contributed by atoms with van der Waals surface area (Å²) in [5.41, 5.74) is 1.73. The highest BCUT2D eigenvalue weighted by atomic mass is 19.4. The Morgan fingerprint density at radius 1 is 1.06 bits per heavy atom. The molecule has 170 valence electrons. The maximum Gasteiger partial charge on any atom is 0.433 e. The van der Waals surface area contributed by atoms with Crippen molar-refractivity contribution >= 4 is 11.9 Å². The highest BCUT2D eigenvalue weighted by Gasteiger charge is 2.32. The van der Waals surface area contributed by atoms with Gasteiger partial charge in [-0.05, 0) is 32.0 Å². The maximum absolute atomic E-state index is 12.7. The second-order valence-electron chi connectivity index (χ2n) is 6.82. The smallest absolute Gasteiger partial charge is 0.433 e. The van der Waals surface area contributed by atoms with Gasteiger partial charge in [0.25, 0.3) is 0 Å². The van der Waals surface area contributed by atoms with Gasteiger partial charge in [0.05, 0.1) is 6.54 Å². The van der Waals surface area contributed by atoms with Gasteiger partial charge in [-0.3, -0.25) is 0 Å². The Bertz CT molecular complexity index is 1030. The van der Waals surface area contributed by atoms with Crippen molar-refractivity contribution in [1.29, 1.82) is 0 Å². The first-order valence-corrected chi connectivity index (χ1v) is 10.0. The summed E-state index contributed by atoms with van der Waals surface area (Å²) < 4.78 is 43.7. The number of oxazole rings is 1. The van der Waals surface area contributed by atoms with Gasteiger partial charge in [-0.15, -0.1) is 0 Å². The first-order chi connectivity index (χ1) is 15.3. The number of hydrogen-bond acceptors (Lipinski definition) is 6. The van der Waals surface area contributed by atoms with Gasteiger partial charge in [0.1, 0.15) is 17.7 Å². The number of guanidine groups is 1. The molecule has 0 saturated carbocycles. The Morgan fingerprint density at radius 3 is 2.56 bits per heavy atom. The molecule has 0 fully saturated rings. The second kappa shape index (κ2) is 10.6. The molecule has 3 rings (SSSR count). The fraction of sp³-hybridized carbons (Fsp3) is 0.333. The van der Waals surface area contributed by atoms with E-state index in [1.54, 1.807) is 6.26 Å². The van der Waals surface area contributed by atoms with Crippen molar-refractivity contribution < 1.29 is 17.6 Å². The van der Waals surface area contributed by atoms with Crippen molar-refractivity contribution in [3.63, 3.8) is 0 Å². The van der Waals surface area contributed by atoms with E-state index in [4.69, 9.17) is 4.42 Å². The summed E-state index contributed by atoms with van der Waals surface area (Å²) in [6.07, 6.45) is -1.88. The first-order valence-electron chi connectivity index (χ1n) is 10.0. The van der Waals surface area contributed by atoms with Crippen LogP contribution in [0.1, 0.15) is 23.9 Å². The van der Waals surface area contributed by atoms with Gasteiger partial charge < -0.3 is 20.4 Å². The van der Waals surface area contributed by atoms with Crippen LogP contribution in [0, 0.1) is 6.92 Å². The van der Waals surface area contributed by atoms with E-state index in [9.17, 15) is 13.2 Å². The molecule has 2 heterocycles. The Balaban J connectivity index is 1.52.